The van der Waals surface area contributed by atoms with E-state index in [2.05, 4.69) is 69.2 Å². The van der Waals surface area contributed by atoms with Gasteiger partial charge in [-0.3, -0.25) is 0 Å². The Morgan fingerprint density at radius 2 is 0.473 bits per heavy atom. The molecule has 0 heteroatoms. The molecule has 0 radical (unpaired) electrons. The third-order valence-electron chi connectivity index (χ3n) is 15.8. The van der Waals surface area contributed by atoms with Crippen LogP contribution in [-0.4, -0.2) is 0 Å². The van der Waals surface area contributed by atoms with E-state index in [0.717, 1.165) is 47.3 Å². The minimum Gasteiger partial charge on any atom is -0.0625 e. The van der Waals surface area contributed by atoms with Crippen molar-refractivity contribution in [1.82, 2.24) is 0 Å². The monoisotopic (exact) mass is 771 g/mol. The molecule has 330 valence electrons. The van der Waals surface area contributed by atoms with Crippen LogP contribution in [0.5, 0.6) is 0 Å². The molecular weight excluding hydrogens is 661 g/mol. The van der Waals surface area contributed by atoms with Gasteiger partial charge in [-0.1, -0.05) is 275 Å². The molecular formula is C55H110. The Hall–Kier alpha value is 0. The van der Waals surface area contributed by atoms with Crippen molar-refractivity contribution in [2.24, 2.45) is 52.8 Å². The fraction of sp³-hybridized carbons (Fsp3) is 1.00. The Morgan fingerprint density at radius 1 is 0.255 bits per heavy atom. The van der Waals surface area contributed by atoms with Gasteiger partial charge in [0.2, 0.25) is 0 Å². The molecule has 9 aliphatic rings. The molecule has 0 aromatic rings. The molecule has 0 amide bonds. The third kappa shape index (κ3) is 29.0. The van der Waals surface area contributed by atoms with Crippen molar-refractivity contribution in [3.05, 3.63) is 0 Å². The first-order chi connectivity index (χ1) is 26.5. The van der Waals surface area contributed by atoms with Gasteiger partial charge in [0, 0.05) is 0 Å². The maximum atomic E-state index is 2.53. The van der Waals surface area contributed by atoms with Gasteiger partial charge in [-0.05, 0) is 78.4 Å². The van der Waals surface area contributed by atoms with Crippen molar-refractivity contribution >= 4 is 0 Å². The lowest BCUT2D eigenvalue weighted by atomic mass is 9.63. The van der Waals surface area contributed by atoms with E-state index in [1.165, 1.54) is 231 Å². The van der Waals surface area contributed by atoms with E-state index >= 15 is 0 Å². The summed E-state index contributed by atoms with van der Waals surface area (Å²) in [6.07, 6.45) is 53.6. The van der Waals surface area contributed by atoms with Crippen LogP contribution in [0.2, 0.25) is 0 Å². The summed E-state index contributed by atoms with van der Waals surface area (Å²) in [5, 5.41) is 0. The lowest BCUT2D eigenvalue weighted by Crippen LogP contribution is -2.35. The van der Waals surface area contributed by atoms with Crippen LogP contribution >= 0.6 is 0 Å². The molecule has 0 saturated heterocycles. The lowest BCUT2D eigenvalue weighted by molar-refractivity contribution is 0.0703. The van der Waals surface area contributed by atoms with E-state index in [9.17, 15) is 0 Å². The topological polar surface area (TPSA) is 0 Å². The molecule has 0 aromatic heterocycles. The summed E-state index contributed by atoms with van der Waals surface area (Å²) in [5.41, 5.74) is 0.454. The first-order valence-corrected chi connectivity index (χ1v) is 26.5. The molecule has 55 heavy (non-hydrogen) atoms. The van der Waals surface area contributed by atoms with Gasteiger partial charge in [-0.25, -0.2) is 0 Å². The average Bonchev–Trinajstić information content (AvgIpc) is 2.82. The molecule has 9 saturated carbocycles. The predicted molar refractivity (Wildman–Crippen MR) is 253 cm³/mol. The summed E-state index contributed by atoms with van der Waals surface area (Å²) in [7, 11) is 0. The van der Waals surface area contributed by atoms with Crippen LogP contribution in [0.1, 0.15) is 300 Å². The Bertz CT molecular complexity index is 634. The second-order valence-corrected chi connectivity index (χ2v) is 21.9. The Morgan fingerprint density at radius 3 is 0.709 bits per heavy atom. The molecule has 9 aliphatic carbocycles. The highest BCUT2D eigenvalue weighted by Gasteiger charge is 2.36. The molecule has 0 spiro atoms. The second-order valence-electron chi connectivity index (χ2n) is 21.9. The van der Waals surface area contributed by atoms with Crippen molar-refractivity contribution < 1.29 is 0 Å². The molecule has 8 unspecified atom stereocenters. The van der Waals surface area contributed by atoms with Crippen molar-refractivity contribution in [3.63, 3.8) is 0 Å². The maximum Gasteiger partial charge on any atom is -0.0323 e. The zero-order valence-electron chi connectivity index (χ0n) is 40.6. The van der Waals surface area contributed by atoms with E-state index in [-0.39, 0.29) is 0 Å². The van der Waals surface area contributed by atoms with Gasteiger partial charge in [-0.2, -0.15) is 0 Å². The fourth-order valence-corrected chi connectivity index (χ4v) is 7.75. The highest BCUT2D eigenvalue weighted by molar-refractivity contribution is 4.86. The van der Waals surface area contributed by atoms with Crippen LogP contribution < -0.4 is 0 Å². The summed E-state index contributed by atoms with van der Waals surface area (Å²) in [6, 6.07) is 0. The Kier molecular flexibility index (Phi) is 33.6. The molecule has 9 rings (SSSR count). The van der Waals surface area contributed by atoms with E-state index in [1.807, 2.05) is 0 Å². The first-order valence-electron chi connectivity index (χ1n) is 26.5. The van der Waals surface area contributed by atoms with Crippen LogP contribution in [0.4, 0.5) is 0 Å². The quantitative estimate of drug-likeness (QED) is 0.230. The Labute approximate surface area is 351 Å². The van der Waals surface area contributed by atoms with E-state index < -0.39 is 0 Å². The molecule has 0 bridgehead atoms. The summed E-state index contributed by atoms with van der Waals surface area (Å²) >= 11 is 0. The van der Waals surface area contributed by atoms with Gasteiger partial charge in [0.25, 0.3) is 0 Å². The summed E-state index contributed by atoms with van der Waals surface area (Å²) in [6.45, 7) is 25.1. The van der Waals surface area contributed by atoms with Gasteiger partial charge in [0.05, 0.1) is 0 Å². The molecule has 0 N–H and O–H groups in total. The average molecular weight is 771 g/mol. The van der Waals surface area contributed by atoms with Crippen molar-refractivity contribution in [3.8, 4) is 0 Å². The molecule has 0 heterocycles. The normalized spacial score (nSPS) is 33.7. The number of hydrogen-bond acceptors (Lipinski definition) is 0. The highest BCUT2D eigenvalue weighted by atomic mass is 14.4. The van der Waals surface area contributed by atoms with Gasteiger partial charge in [-0.15, -0.1) is 0 Å². The van der Waals surface area contributed by atoms with Crippen LogP contribution in [-0.2, 0) is 0 Å². The van der Waals surface area contributed by atoms with Crippen LogP contribution in [0.25, 0.3) is 0 Å². The smallest absolute Gasteiger partial charge is 0.0323 e. The van der Waals surface area contributed by atoms with E-state index in [4.69, 9.17) is 0 Å². The minimum absolute atomic E-state index is 0.454. The van der Waals surface area contributed by atoms with Crippen LogP contribution in [0, 0.1) is 52.8 Å². The molecule has 0 nitrogen and oxygen atoms in total. The molecule has 9 fully saturated rings. The summed E-state index contributed by atoms with van der Waals surface area (Å²) < 4.78 is 0. The van der Waals surface area contributed by atoms with E-state index in [0.29, 0.717) is 5.41 Å². The van der Waals surface area contributed by atoms with Crippen molar-refractivity contribution in [2.75, 3.05) is 0 Å². The van der Waals surface area contributed by atoms with Gasteiger partial charge < -0.3 is 0 Å². The molecule has 8 atom stereocenters. The van der Waals surface area contributed by atoms with Crippen molar-refractivity contribution in [1.29, 1.82) is 0 Å². The largest absolute Gasteiger partial charge is 0.0625 e. The highest BCUT2D eigenvalue weighted by Crippen LogP contribution is 2.45. The second kappa shape index (κ2) is 34.8. The SMILES string of the molecule is C1CCC1.C1CCC1.C1CCC1.C1CCC1.C1CCC1.C1CCC1.C1CCC1.C1CCC1.CC1CC(C)CC(C)C(C)C(C)C(C)C(C)C(C)(C)CC(C)C1. The molecule has 0 aromatic carbocycles. The van der Waals surface area contributed by atoms with Gasteiger partial charge in [0.15, 0.2) is 0 Å². The van der Waals surface area contributed by atoms with Crippen LogP contribution in [0.3, 0.4) is 0 Å². The maximum absolute atomic E-state index is 2.53. The number of hydrogen-bond donors (Lipinski definition) is 0. The predicted octanol–water partition coefficient (Wildman–Crippen LogP) is 20.2. The minimum atomic E-state index is 0.454. The zero-order chi connectivity index (χ0) is 40.6. The summed E-state index contributed by atoms with van der Waals surface area (Å²) in [5.74, 6) is 6.72. The van der Waals surface area contributed by atoms with Crippen LogP contribution in [0.15, 0.2) is 0 Å². The Balaban J connectivity index is 0.000000370. The first kappa shape index (κ1) is 53.0. The van der Waals surface area contributed by atoms with Gasteiger partial charge in [0.1, 0.15) is 0 Å². The third-order valence-corrected chi connectivity index (χ3v) is 15.8. The zero-order valence-corrected chi connectivity index (χ0v) is 40.6. The fourth-order valence-electron chi connectivity index (χ4n) is 7.75. The molecule has 0 aliphatic heterocycles. The van der Waals surface area contributed by atoms with Crippen molar-refractivity contribution in [2.45, 2.75) is 300 Å². The standard InChI is InChI=1S/C23H46.8C4H8/c1-15-11-16(2)13-18(4)19(5)20(6)21(7)22(8)23(9,10)14-17(3)12-15;8*1-2-4-3-1/h15-22H,11-14H2,1-10H3;8*1-4H2. The lowest BCUT2D eigenvalue weighted by Gasteiger charge is -2.42. The van der Waals surface area contributed by atoms with E-state index in [1.54, 1.807) is 0 Å². The summed E-state index contributed by atoms with van der Waals surface area (Å²) in [4.78, 5) is 0. The van der Waals surface area contributed by atoms with Gasteiger partial charge >= 0.3 is 0 Å². The number of rotatable bonds is 0.